The second kappa shape index (κ2) is 5.72. The van der Waals surface area contributed by atoms with Crippen LogP contribution in [-0.4, -0.2) is 49.3 Å². The predicted molar refractivity (Wildman–Crippen MR) is 65.8 cm³/mol. The lowest BCUT2D eigenvalue weighted by Gasteiger charge is -2.30. The minimum atomic E-state index is 0.318. The average molecular weight is 241 g/mol. The van der Waals surface area contributed by atoms with Crippen LogP contribution in [0.1, 0.15) is 10.7 Å². The lowest BCUT2D eigenvalue weighted by molar-refractivity contribution is -0.0182. The molecular formula is C11H19N3OS. The third-order valence-corrected chi connectivity index (χ3v) is 3.51. The highest BCUT2D eigenvalue weighted by Crippen LogP contribution is 2.07. The first kappa shape index (κ1) is 12.0. The smallest absolute Gasteiger partial charge is 0.0897 e. The zero-order valence-corrected chi connectivity index (χ0v) is 10.7. The Kier molecular flexibility index (Phi) is 4.29. The summed E-state index contributed by atoms with van der Waals surface area (Å²) < 4.78 is 5.67. The molecule has 0 spiro atoms. The van der Waals surface area contributed by atoms with Crippen molar-refractivity contribution in [2.75, 3.05) is 33.3 Å². The van der Waals surface area contributed by atoms with Crippen molar-refractivity contribution < 1.29 is 4.74 Å². The number of likely N-dealkylation sites (N-methyl/N-ethyl adjacent to an activating group) is 1. The van der Waals surface area contributed by atoms with E-state index in [1.54, 1.807) is 11.3 Å². The number of ether oxygens (including phenoxy) is 1. The maximum atomic E-state index is 5.67. The minimum Gasteiger partial charge on any atom is -0.374 e. The molecule has 0 bridgehead atoms. The van der Waals surface area contributed by atoms with Crippen molar-refractivity contribution in [3.63, 3.8) is 0 Å². The van der Waals surface area contributed by atoms with Gasteiger partial charge in [-0.15, -0.1) is 11.3 Å². The van der Waals surface area contributed by atoms with Crippen molar-refractivity contribution in [1.82, 2.24) is 15.2 Å². The van der Waals surface area contributed by atoms with Gasteiger partial charge in [-0.05, 0) is 14.0 Å². The summed E-state index contributed by atoms with van der Waals surface area (Å²) >= 11 is 1.70. The number of morpholine rings is 1. The number of nitrogens with one attached hydrogen (secondary N) is 1. The molecule has 0 saturated carbocycles. The molecule has 16 heavy (non-hydrogen) atoms. The molecule has 90 valence electrons. The van der Waals surface area contributed by atoms with Crippen LogP contribution in [0.3, 0.4) is 0 Å². The van der Waals surface area contributed by atoms with Gasteiger partial charge in [-0.3, -0.25) is 0 Å². The van der Waals surface area contributed by atoms with Crippen LogP contribution in [0.25, 0.3) is 0 Å². The zero-order chi connectivity index (χ0) is 11.4. The van der Waals surface area contributed by atoms with E-state index >= 15 is 0 Å². The van der Waals surface area contributed by atoms with Crippen LogP contribution in [-0.2, 0) is 11.3 Å². The molecule has 0 aromatic carbocycles. The van der Waals surface area contributed by atoms with Crippen molar-refractivity contribution in [3.05, 3.63) is 16.1 Å². The Bertz CT molecular complexity index is 329. The SMILES string of the molecule is Cc1nc(CNC[C@H]2CN(C)CCO2)cs1. The van der Waals surface area contributed by atoms with Crippen molar-refractivity contribution in [3.8, 4) is 0 Å². The summed E-state index contributed by atoms with van der Waals surface area (Å²) in [5.74, 6) is 0. The van der Waals surface area contributed by atoms with Gasteiger partial charge in [-0.2, -0.15) is 0 Å². The Morgan fingerprint density at radius 3 is 3.25 bits per heavy atom. The molecule has 2 rings (SSSR count). The van der Waals surface area contributed by atoms with E-state index in [1.807, 2.05) is 6.92 Å². The Morgan fingerprint density at radius 1 is 1.69 bits per heavy atom. The molecule has 1 fully saturated rings. The van der Waals surface area contributed by atoms with Crippen LogP contribution in [0, 0.1) is 6.92 Å². The van der Waals surface area contributed by atoms with Gasteiger partial charge in [0.15, 0.2) is 0 Å². The molecule has 1 aliphatic rings. The molecule has 1 atom stereocenters. The molecule has 0 amide bonds. The number of aryl methyl sites for hydroxylation is 1. The third-order valence-electron chi connectivity index (χ3n) is 2.69. The van der Waals surface area contributed by atoms with E-state index in [2.05, 4.69) is 27.6 Å². The van der Waals surface area contributed by atoms with Gasteiger partial charge >= 0.3 is 0 Å². The molecule has 4 nitrogen and oxygen atoms in total. The van der Waals surface area contributed by atoms with E-state index in [9.17, 15) is 0 Å². The van der Waals surface area contributed by atoms with Gasteiger partial charge in [0.05, 0.1) is 23.4 Å². The largest absolute Gasteiger partial charge is 0.374 e. The molecule has 1 aromatic rings. The lowest BCUT2D eigenvalue weighted by atomic mass is 10.3. The Hall–Kier alpha value is -0.490. The molecule has 1 aliphatic heterocycles. The number of hydrogen-bond acceptors (Lipinski definition) is 5. The van der Waals surface area contributed by atoms with Gasteiger partial charge < -0.3 is 15.0 Å². The Morgan fingerprint density at radius 2 is 2.56 bits per heavy atom. The maximum Gasteiger partial charge on any atom is 0.0897 e. The highest BCUT2D eigenvalue weighted by molar-refractivity contribution is 7.09. The lowest BCUT2D eigenvalue weighted by Crippen LogP contribution is -2.44. The van der Waals surface area contributed by atoms with E-state index in [-0.39, 0.29) is 0 Å². The first-order valence-electron chi connectivity index (χ1n) is 5.66. The number of rotatable bonds is 4. The van der Waals surface area contributed by atoms with Gasteiger partial charge in [0.2, 0.25) is 0 Å². The van der Waals surface area contributed by atoms with Gasteiger partial charge in [-0.25, -0.2) is 4.98 Å². The van der Waals surface area contributed by atoms with Crippen LogP contribution in [0.2, 0.25) is 0 Å². The molecule has 0 radical (unpaired) electrons. The number of nitrogens with zero attached hydrogens (tertiary/aromatic N) is 2. The van der Waals surface area contributed by atoms with Crippen LogP contribution >= 0.6 is 11.3 Å². The van der Waals surface area contributed by atoms with Crippen LogP contribution in [0.15, 0.2) is 5.38 Å². The molecular weight excluding hydrogens is 222 g/mol. The maximum absolute atomic E-state index is 5.67. The van der Waals surface area contributed by atoms with Gasteiger partial charge in [-0.1, -0.05) is 0 Å². The van der Waals surface area contributed by atoms with E-state index in [0.29, 0.717) is 6.10 Å². The molecule has 0 aliphatic carbocycles. The molecule has 1 aromatic heterocycles. The van der Waals surface area contributed by atoms with Crippen LogP contribution in [0.4, 0.5) is 0 Å². The zero-order valence-electron chi connectivity index (χ0n) is 9.90. The predicted octanol–water partition coefficient (Wildman–Crippen LogP) is 0.872. The highest BCUT2D eigenvalue weighted by atomic mass is 32.1. The second-order valence-electron chi connectivity index (χ2n) is 4.24. The quantitative estimate of drug-likeness (QED) is 0.849. The summed E-state index contributed by atoms with van der Waals surface area (Å²) in [6, 6.07) is 0. The van der Waals surface area contributed by atoms with Crippen molar-refractivity contribution in [2.45, 2.75) is 19.6 Å². The number of hydrogen-bond donors (Lipinski definition) is 1. The molecule has 1 saturated heterocycles. The second-order valence-corrected chi connectivity index (χ2v) is 5.31. The first-order chi connectivity index (χ1) is 7.74. The van der Waals surface area contributed by atoms with E-state index < -0.39 is 0 Å². The fourth-order valence-electron chi connectivity index (χ4n) is 1.84. The van der Waals surface area contributed by atoms with Gasteiger partial charge in [0.25, 0.3) is 0 Å². The standard InChI is InChI=1S/C11H19N3OS/c1-9-13-10(8-16-9)5-12-6-11-7-14(2)3-4-15-11/h8,11-12H,3-7H2,1-2H3/t11-/m0/s1. The minimum absolute atomic E-state index is 0.318. The van der Waals surface area contributed by atoms with Crippen molar-refractivity contribution >= 4 is 11.3 Å². The average Bonchev–Trinajstić information content (AvgIpc) is 2.64. The number of thiazole rings is 1. The van der Waals surface area contributed by atoms with Crippen LogP contribution < -0.4 is 5.32 Å². The summed E-state index contributed by atoms with van der Waals surface area (Å²) in [5.41, 5.74) is 1.13. The number of aromatic nitrogens is 1. The molecule has 0 unspecified atom stereocenters. The fraction of sp³-hybridized carbons (Fsp3) is 0.727. The Labute approximate surface area is 101 Å². The molecule has 1 N–H and O–H groups in total. The summed E-state index contributed by atoms with van der Waals surface area (Å²) in [5, 5.41) is 6.64. The van der Waals surface area contributed by atoms with Crippen molar-refractivity contribution in [2.24, 2.45) is 0 Å². The topological polar surface area (TPSA) is 37.4 Å². The normalized spacial score (nSPS) is 22.5. The summed E-state index contributed by atoms with van der Waals surface area (Å²) in [4.78, 5) is 6.72. The summed E-state index contributed by atoms with van der Waals surface area (Å²) in [7, 11) is 2.14. The van der Waals surface area contributed by atoms with E-state index in [0.717, 1.165) is 43.5 Å². The highest BCUT2D eigenvalue weighted by Gasteiger charge is 2.16. The van der Waals surface area contributed by atoms with Gasteiger partial charge in [0.1, 0.15) is 0 Å². The molecule has 5 heteroatoms. The molecule has 2 heterocycles. The van der Waals surface area contributed by atoms with E-state index in [1.165, 1.54) is 0 Å². The van der Waals surface area contributed by atoms with E-state index in [4.69, 9.17) is 4.74 Å². The summed E-state index contributed by atoms with van der Waals surface area (Å²) in [6.07, 6.45) is 0.318. The Balaban J connectivity index is 1.67. The monoisotopic (exact) mass is 241 g/mol. The van der Waals surface area contributed by atoms with Crippen molar-refractivity contribution in [1.29, 1.82) is 0 Å². The fourth-order valence-corrected chi connectivity index (χ4v) is 2.45. The summed E-state index contributed by atoms with van der Waals surface area (Å²) in [6.45, 7) is 6.69. The third kappa shape index (κ3) is 3.52. The van der Waals surface area contributed by atoms with Gasteiger partial charge in [0, 0.05) is 31.6 Å². The van der Waals surface area contributed by atoms with Crippen LogP contribution in [0.5, 0.6) is 0 Å². The first-order valence-corrected chi connectivity index (χ1v) is 6.54.